The van der Waals surface area contributed by atoms with E-state index in [1.807, 2.05) is 84.7 Å². The van der Waals surface area contributed by atoms with Crippen LogP contribution in [0.4, 0.5) is 4.79 Å². The zero-order chi connectivity index (χ0) is 35.5. The highest BCUT2D eigenvalue weighted by Gasteiger charge is 2.33. The topological polar surface area (TPSA) is 150 Å². The largest absolute Gasteiger partial charge is 0.508 e. The average Bonchev–Trinajstić information content (AvgIpc) is 3.13. The number of phenolic OH excluding ortho intramolecular Hbond substituents is 1. The molecule has 0 unspecified atom stereocenters. The summed E-state index contributed by atoms with van der Waals surface area (Å²) in [5.41, 5.74) is 6.07. The summed E-state index contributed by atoms with van der Waals surface area (Å²) in [5, 5.41) is 35.5. The fraction of sp³-hybridized carbons (Fsp3) is 0.333. The van der Waals surface area contributed by atoms with E-state index in [9.17, 15) is 24.9 Å². The van der Waals surface area contributed by atoms with Gasteiger partial charge in [-0.05, 0) is 59.5 Å². The molecule has 50 heavy (non-hydrogen) atoms. The lowest BCUT2D eigenvalue weighted by molar-refractivity contribution is -0.252. The van der Waals surface area contributed by atoms with Crippen LogP contribution in [0, 0.1) is 0 Å². The third-order valence-electron chi connectivity index (χ3n) is 8.52. The van der Waals surface area contributed by atoms with E-state index in [0.29, 0.717) is 25.1 Å². The molecule has 1 heterocycles. The van der Waals surface area contributed by atoms with Gasteiger partial charge in [-0.1, -0.05) is 84.9 Å². The Kier molecular flexibility index (Phi) is 13.0. The summed E-state index contributed by atoms with van der Waals surface area (Å²) in [7, 11) is 1.93. The minimum Gasteiger partial charge on any atom is -0.508 e. The van der Waals surface area contributed by atoms with Gasteiger partial charge in [-0.15, -0.1) is 0 Å². The van der Waals surface area contributed by atoms with Crippen molar-refractivity contribution in [1.82, 2.24) is 15.5 Å². The molecular formula is C39H45N3O8. The van der Waals surface area contributed by atoms with E-state index >= 15 is 0 Å². The van der Waals surface area contributed by atoms with Gasteiger partial charge in [-0.25, -0.2) is 4.79 Å². The van der Waals surface area contributed by atoms with Crippen molar-refractivity contribution in [3.63, 3.8) is 0 Å². The number of hydrogen-bond acceptors (Lipinski definition) is 9. The average molecular weight is 684 g/mol. The van der Waals surface area contributed by atoms with Crippen LogP contribution in [0.15, 0.2) is 97.1 Å². The van der Waals surface area contributed by atoms with E-state index in [-0.39, 0.29) is 44.3 Å². The number of carbonyl (C=O) groups is 2. The van der Waals surface area contributed by atoms with Gasteiger partial charge in [0.1, 0.15) is 12.3 Å². The fourth-order valence-electron chi connectivity index (χ4n) is 5.97. The van der Waals surface area contributed by atoms with Crippen LogP contribution in [0.25, 0.3) is 11.1 Å². The van der Waals surface area contributed by atoms with Gasteiger partial charge in [0.25, 0.3) is 0 Å². The highest BCUT2D eigenvalue weighted by molar-refractivity contribution is 5.81. The molecule has 0 saturated carbocycles. The van der Waals surface area contributed by atoms with Crippen LogP contribution in [-0.4, -0.2) is 71.6 Å². The second kappa shape index (κ2) is 17.7. The lowest BCUT2D eigenvalue weighted by Crippen LogP contribution is -2.39. The Labute approximate surface area is 292 Å². The number of carbonyl (C=O) groups excluding carboxylic acids is 2. The molecule has 0 radical (unpaired) electrons. The first-order valence-electron chi connectivity index (χ1n) is 16.7. The first kappa shape index (κ1) is 36.5. The number of esters is 1. The minimum absolute atomic E-state index is 0.0410. The maximum Gasteiger partial charge on any atom is 0.325 e. The van der Waals surface area contributed by atoms with E-state index in [0.717, 1.165) is 33.4 Å². The van der Waals surface area contributed by atoms with Crippen molar-refractivity contribution < 1.29 is 39.1 Å². The molecule has 0 bridgehead atoms. The molecule has 0 spiro atoms. The number of nitrogens with one attached hydrogen (secondary N) is 2. The molecule has 0 aromatic heterocycles. The number of likely N-dealkylation sites (N-methyl/N-ethyl adjacent to an activating group) is 1. The minimum atomic E-state index is -0.783. The van der Waals surface area contributed by atoms with Crippen LogP contribution in [0.1, 0.15) is 59.7 Å². The number of aliphatic hydroxyl groups is 2. The van der Waals surface area contributed by atoms with Crippen LogP contribution in [0.5, 0.6) is 5.75 Å². The van der Waals surface area contributed by atoms with Crippen molar-refractivity contribution in [1.29, 1.82) is 0 Å². The predicted octanol–water partition coefficient (Wildman–Crippen LogP) is 5.12. The van der Waals surface area contributed by atoms with Gasteiger partial charge in [0, 0.05) is 31.6 Å². The lowest BCUT2D eigenvalue weighted by Gasteiger charge is -2.38. The molecule has 2 amide bonds. The summed E-state index contributed by atoms with van der Waals surface area (Å²) < 4.78 is 17.9. The first-order valence-corrected chi connectivity index (χ1v) is 16.7. The third kappa shape index (κ3) is 10.1. The second-order valence-corrected chi connectivity index (χ2v) is 12.3. The highest BCUT2D eigenvalue weighted by atomic mass is 16.7. The Hall–Kier alpha value is -4.78. The van der Waals surface area contributed by atoms with Crippen molar-refractivity contribution in [3.8, 4) is 16.9 Å². The van der Waals surface area contributed by atoms with Gasteiger partial charge in [0.05, 0.1) is 31.5 Å². The van der Waals surface area contributed by atoms with E-state index in [2.05, 4.69) is 10.6 Å². The molecule has 5 rings (SSSR count). The zero-order valence-electron chi connectivity index (χ0n) is 28.3. The maximum absolute atomic E-state index is 12.3. The number of benzene rings is 4. The monoisotopic (exact) mass is 683 g/mol. The van der Waals surface area contributed by atoms with Crippen molar-refractivity contribution in [2.45, 2.75) is 51.1 Å². The standard InChI is InChI=1S/C39H45N3O8/c1-3-48-37(46)22-41-39(47)40-21-31-7-4-5-10-34(31)27-15-17-29(18-16-27)38-49-33(20-36(50-38)28-13-11-26(25-43)12-14-28)23-42(2)24-35(45)30-8-6-9-32(44)19-30/h4-19,33,35-36,38,43-45H,3,20-25H2,1-2H3,(H2,40,41,47)/t33-,35+,36+,38+/m0/s1. The summed E-state index contributed by atoms with van der Waals surface area (Å²) in [5.74, 6) is -0.390. The molecule has 4 atom stereocenters. The number of ether oxygens (including phenoxy) is 3. The van der Waals surface area contributed by atoms with Crippen molar-refractivity contribution in [3.05, 3.63) is 125 Å². The maximum atomic E-state index is 12.3. The van der Waals surface area contributed by atoms with Crippen LogP contribution in [-0.2, 0) is 32.2 Å². The summed E-state index contributed by atoms with van der Waals surface area (Å²) in [6.45, 7) is 2.85. The molecule has 11 nitrogen and oxygen atoms in total. The Morgan fingerprint density at radius 1 is 0.940 bits per heavy atom. The number of nitrogens with zero attached hydrogens (tertiary/aromatic N) is 1. The van der Waals surface area contributed by atoms with E-state index < -0.39 is 24.4 Å². The molecular weight excluding hydrogens is 638 g/mol. The molecule has 4 aromatic carbocycles. The van der Waals surface area contributed by atoms with Gasteiger partial charge in [0.2, 0.25) is 0 Å². The summed E-state index contributed by atoms with van der Waals surface area (Å²) in [4.78, 5) is 25.9. The smallest absolute Gasteiger partial charge is 0.325 e. The molecule has 264 valence electrons. The lowest BCUT2D eigenvalue weighted by atomic mass is 9.97. The van der Waals surface area contributed by atoms with Crippen LogP contribution >= 0.6 is 0 Å². The van der Waals surface area contributed by atoms with E-state index in [4.69, 9.17) is 14.2 Å². The second-order valence-electron chi connectivity index (χ2n) is 12.3. The number of aromatic hydroxyl groups is 1. The number of hydrogen-bond donors (Lipinski definition) is 5. The number of rotatable bonds is 14. The molecule has 11 heteroatoms. The molecule has 5 N–H and O–H groups in total. The van der Waals surface area contributed by atoms with Gasteiger partial charge in [-0.2, -0.15) is 0 Å². The molecule has 0 aliphatic carbocycles. The SMILES string of the molecule is CCOC(=O)CNC(=O)NCc1ccccc1-c1ccc([C@@H]2O[C@H](CN(C)C[C@@H](O)c3cccc(O)c3)C[C@H](c3ccc(CO)cc3)O2)cc1. The van der Waals surface area contributed by atoms with E-state index in [1.165, 1.54) is 0 Å². The first-order chi connectivity index (χ1) is 24.2. The molecule has 4 aromatic rings. The number of phenols is 1. The highest BCUT2D eigenvalue weighted by Crippen LogP contribution is 2.39. The zero-order valence-corrected chi connectivity index (χ0v) is 28.3. The van der Waals surface area contributed by atoms with E-state index in [1.54, 1.807) is 31.2 Å². The van der Waals surface area contributed by atoms with Gasteiger partial charge < -0.3 is 45.1 Å². The van der Waals surface area contributed by atoms with Crippen molar-refractivity contribution in [2.24, 2.45) is 0 Å². The summed E-state index contributed by atoms with van der Waals surface area (Å²) >= 11 is 0. The Balaban J connectivity index is 1.28. The van der Waals surface area contributed by atoms with Crippen molar-refractivity contribution >= 4 is 12.0 Å². The summed E-state index contributed by atoms with van der Waals surface area (Å²) in [6.07, 6.45) is -1.34. The van der Waals surface area contributed by atoms with Crippen molar-refractivity contribution in [2.75, 3.05) is 33.3 Å². The molecule has 1 aliphatic rings. The Morgan fingerprint density at radius 2 is 1.68 bits per heavy atom. The van der Waals surface area contributed by atoms with Gasteiger partial charge in [-0.3, -0.25) is 4.79 Å². The van der Waals surface area contributed by atoms with Gasteiger partial charge >= 0.3 is 12.0 Å². The predicted molar refractivity (Wildman–Crippen MR) is 188 cm³/mol. The third-order valence-corrected chi connectivity index (χ3v) is 8.52. The normalized spacial score (nSPS) is 18.0. The Bertz CT molecular complexity index is 1700. The van der Waals surface area contributed by atoms with Crippen LogP contribution < -0.4 is 10.6 Å². The number of aliphatic hydroxyl groups excluding tert-OH is 2. The quantitative estimate of drug-likeness (QED) is 0.114. The number of amides is 2. The van der Waals surface area contributed by atoms with Crippen LogP contribution in [0.3, 0.4) is 0 Å². The molecule has 1 saturated heterocycles. The Morgan fingerprint density at radius 3 is 2.40 bits per heavy atom. The summed E-state index contributed by atoms with van der Waals surface area (Å²) in [6, 6.07) is 29.6. The van der Waals surface area contributed by atoms with Gasteiger partial charge in [0.15, 0.2) is 6.29 Å². The molecule has 1 aliphatic heterocycles. The fourth-order valence-corrected chi connectivity index (χ4v) is 5.97. The van der Waals surface area contributed by atoms with Crippen LogP contribution in [0.2, 0.25) is 0 Å². The molecule has 1 fully saturated rings. The number of urea groups is 1.